The van der Waals surface area contributed by atoms with E-state index >= 15 is 0 Å². The topological polar surface area (TPSA) is 0 Å². The van der Waals surface area contributed by atoms with E-state index in [1.165, 1.54) is 42.7 Å². The van der Waals surface area contributed by atoms with Crippen molar-refractivity contribution in [2.75, 3.05) is 0 Å². The Bertz CT molecular complexity index is 889. The van der Waals surface area contributed by atoms with E-state index in [0.717, 1.165) is 30.4 Å². The molecule has 0 saturated heterocycles. The molecule has 4 rings (SSSR count). The number of benzene rings is 3. The van der Waals surface area contributed by atoms with Crippen LogP contribution in [-0.4, -0.2) is 0 Å². The quantitative estimate of drug-likeness (QED) is 0.392. The maximum Gasteiger partial charge on any atom is 0.123 e. The van der Waals surface area contributed by atoms with Crippen LogP contribution in [0.5, 0.6) is 0 Å². The maximum atomic E-state index is 13.5. The minimum absolute atomic E-state index is 0.187. The average molecular weight is 403 g/mol. The largest absolute Gasteiger partial charge is 0.207 e. The van der Waals surface area contributed by atoms with E-state index < -0.39 is 0 Å². The van der Waals surface area contributed by atoms with Crippen LogP contribution in [0.2, 0.25) is 0 Å². The minimum atomic E-state index is -0.217. The Kier molecular flexibility index (Phi) is 6.74. The number of hydrogen-bond acceptors (Lipinski definition) is 0. The van der Waals surface area contributed by atoms with Gasteiger partial charge in [0.15, 0.2) is 0 Å². The molecule has 154 valence electrons. The van der Waals surface area contributed by atoms with E-state index in [0.29, 0.717) is 11.8 Å². The van der Waals surface area contributed by atoms with E-state index in [1.54, 1.807) is 0 Å². The zero-order valence-corrected chi connectivity index (χ0v) is 17.2. The molecule has 0 nitrogen and oxygen atoms in total. The predicted molar refractivity (Wildman–Crippen MR) is 120 cm³/mol. The summed E-state index contributed by atoms with van der Waals surface area (Å²) in [6.07, 6.45) is 10.3. The summed E-state index contributed by atoms with van der Waals surface area (Å²) < 4.78 is 27.0. The summed E-state index contributed by atoms with van der Waals surface area (Å²) in [6, 6.07) is 24.1. The van der Waals surface area contributed by atoms with E-state index in [9.17, 15) is 8.78 Å². The van der Waals surface area contributed by atoms with Gasteiger partial charge in [0.1, 0.15) is 11.6 Å². The highest BCUT2D eigenvalue weighted by Gasteiger charge is 2.29. The Balaban J connectivity index is 1.43. The lowest BCUT2D eigenvalue weighted by molar-refractivity contribution is 0.257. The first-order valence-electron chi connectivity index (χ1n) is 10.9. The molecule has 1 aliphatic carbocycles. The average Bonchev–Trinajstić information content (AvgIpc) is 2.78. The van der Waals surface area contributed by atoms with Crippen LogP contribution in [-0.2, 0) is 0 Å². The van der Waals surface area contributed by atoms with Crippen molar-refractivity contribution < 1.29 is 8.78 Å². The van der Waals surface area contributed by atoms with Crippen LogP contribution in [0.15, 0.2) is 84.9 Å². The molecule has 0 aliphatic heterocycles. The smallest absolute Gasteiger partial charge is 0.123 e. The highest BCUT2D eigenvalue weighted by atomic mass is 19.1. The highest BCUT2D eigenvalue weighted by molar-refractivity contribution is 5.48. The second-order valence-corrected chi connectivity index (χ2v) is 8.41. The molecule has 1 aliphatic rings. The normalized spacial score (nSPS) is 19.4. The summed E-state index contributed by atoms with van der Waals surface area (Å²) in [7, 11) is 0. The van der Waals surface area contributed by atoms with Crippen LogP contribution in [0.25, 0.3) is 6.08 Å². The standard InChI is InChI=1S/C28H28F2/c29-26-17-13-24(14-18-26)28(25-15-19-27(30)20-16-25)23-11-9-22(10-12-23)8-4-7-21-5-2-1-3-6-21/h1-7,13-20,22-23,28H,8-12H2/b7-4+. The number of hydrogen-bond donors (Lipinski definition) is 0. The van der Waals surface area contributed by atoms with Gasteiger partial charge in [-0.25, -0.2) is 8.78 Å². The molecule has 0 aromatic heterocycles. The Morgan fingerprint density at radius 3 is 1.77 bits per heavy atom. The number of allylic oxidation sites excluding steroid dienone is 1. The predicted octanol–water partition coefficient (Wildman–Crippen LogP) is 8.01. The fraction of sp³-hybridized carbons (Fsp3) is 0.286. The Morgan fingerprint density at radius 1 is 0.700 bits per heavy atom. The Morgan fingerprint density at radius 2 is 1.23 bits per heavy atom. The third-order valence-corrected chi connectivity index (χ3v) is 6.40. The zero-order valence-electron chi connectivity index (χ0n) is 17.2. The lowest BCUT2D eigenvalue weighted by atomic mass is 9.70. The van der Waals surface area contributed by atoms with Gasteiger partial charge in [-0.2, -0.15) is 0 Å². The minimum Gasteiger partial charge on any atom is -0.207 e. The van der Waals surface area contributed by atoms with Crippen molar-refractivity contribution in [1.82, 2.24) is 0 Å². The Hall–Kier alpha value is -2.74. The summed E-state index contributed by atoms with van der Waals surface area (Å²) in [5, 5.41) is 0. The van der Waals surface area contributed by atoms with Crippen molar-refractivity contribution in [2.24, 2.45) is 11.8 Å². The SMILES string of the molecule is Fc1ccc(C(c2ccc(F)cc2)C2CCC(C/C=C/c3ccccc3)CC2)cc1. The molecule has 0 bridgehead atoms. The molecular formula is C28H28F2. The van der Waals surface area contributed by atoms with Crippen LogP contribution < -0.4 is 0 Å². The molecule has 1 saturated carbocycles. The van der Waals surface area contributed by atoms with Crippen molar-refractivity contribution in [3.63, 3.8) is 0 Å². The van der Waals surface area contributed by atoms with Crippen molar-refractivity contribution in [2.45, 2.75) is 38.0 Å². The van der Waals surface area contributed by atoms with Gasteiger partial charge in [-0.15, -0.1) is 0 Å². The summed E-state index contributed by atoms with van der Waals surface area (Å²) in [6.45, 7) is 0. The van der Waals surface area contributed by atoms with Gasteiger partial charge in [-0.05, 0) is 84.9 Å². The van der Waals surface area contributed by atoms with Crippen LogP contribution in [0.3, 0.4) is 0 Å². The third-order valence-electron chi connectivity index (χ3n) is 6.40. The fourth-order valence-corrected chi connectivity index (χ4v) is 4.80. The van der Waals surface area contributed by atoms with Gasteiger partial charge in [-0.3, -0.25) is 0 Å². The fourth-order valence-electron chi connectivity index (χ4n) is 4.80. The maximum absolute atomic E-state index is 13.5. The van der Waals surface area contributed by atoms with Gasteiger partial charge in [0.05, 0.1) is 0 Å². The molecule has 0 atom stereocenters. The van der Waals surface area contributed by atoms with Gasteiger partial charge in [0.25, 0.3) is 0 Å². The summed E-state index contributed by atoms with van der Waals surface area (Å²) in [4.78, 5) is 0. The lowest BCUT2D eigenvalue weighted by Gasteiger charge is -2.34. The first-order valence-corrected chi connectivity index (χ1v) is 10.9. The van der Waals surface area contributed by atoms with Crippen LogP contribution in [0.1, 0.15) is 54.7 Å². The van der Waals surface area contributed by atoms with Gasteiger partial charge < -0.3 is 0 Å². The Labute approximate surface area is 178 Å². The molecule has 3 aromatic carbocycles. The van der Waals surface area contributed by atoms with Crippen molar-refractivity contribution in [3.05, 3.63) is 113 Å². The molecule has 0 spiro atoms. The van der Waals surface area contributed by atoms with Crippen LogP contribution >= 0.6 is 0 Å². The third kappa shape index (κ3) is 5.24. The monoisotopic (exact) mass is 402 g/mol. The molecule has 1 fully saturated rings. The lowest BCUT2D eigenvalue weighted by Crippen LogP contribution is -2.21. The van der Waals surface area contributed by atoms with E-state index in [4.69, 9.17) is 0 Å². The molecule has 30 heavy (non-hydrogen) atoms. The first kappa shape index (κ1) is 20.5. The van der Waals surface area contributed by atoms with Crippen LogP contribution in [0.4, 0.5) is 8.78 Å². The molecule has 0 amide bonds. The van der Waals surface area contributed by atoms with Crippen molar-refractivity contribution in [1.29, 1.82) is 0 Å². The van der Waals surface area contributed by atoms with Gasteiger partial charge in [0.2, 0.25) is 0 Å². The summed E-state index contributed by atoms with van der Waals surface area (Å²) in [5.74, 6) is 0.960. The molecule has 0 unspecified atom stereocenters. The second kappa shape index (κ2) is 9.84. The van der Waals surface area contributed by atoms with Gasteiger partial charge in [0, 0.05) is 5.92 Å². The van der Waals surface area contributed by atoms with E-state index in [1.807, 2.05) is 30.3 Å². The van der Waals surface area contributed by atoms with Crippen molar-refractivity contribution in [3.8, 4) is 0 Å². The first-order chi connectivity index (χ1) is 14.7. The summed E-state index contributed by atoms with van der Waals surface area (Å²) in [5.41, 5.74) is 3.49. The molecular weight excluding hydrogens is 374 g/mol. The highest BCUT2D eigenvalue weighted by Crippen LogP contribution is 2.42. The molecule has 2 heteroatoms. The molecule has 0 N–H and O–H groups in total. The van der Waals surface area contributed by atoms with Crippen LogP contribution in [0, 0.1) is 23.5 Å². The van der Waals surface area contributed by atoms with Gasteiger partial charge in [-0.1, -0.05) is 66.7 Å². The molecule has 0 heterocycles. The molecule has 3 aromatic rings. The van der Waals surface area contributed by atoms with E-state index in [-0.39, 0.29) is 17.6 Å². The second-order valence-electron chi connectivity index (χ2n) is 8.41. The van der Waals surface area contributed by atoms with Crippen molar-refractivity contribution >= 4 is 6.08 Å². The summed E-state index contributed by atoms with van der Waals surface area (Å²) >= 11 is 0. The number of halogens is 2. The zero-order chi connectivity index (χ0) is 20.8. The van der Waals surface area contributed by atoms with Gasteiger partial charge >= 0.3 is 0 Å². The molecule has 0 radical (unpaired) electrons. The number of rotatable bonds is 6. The van der Waals surface area contributed by atoms with E-state index in [2.05, 4.69) is 36.4 Å².